The molecule has 0 saturated carbocycles. The first kappa shape index (κ1) is 12.0. The van der Waals surface area contributed by atoms with Crippen LogP contribution >= 0.6 is 11.8 Å². The fraction of sp³-hybridized carbons (Fsp3) is 0.364. The molecule has 1 aromatic carbocycles. The SMILES string of the molecule is CC(C)SCc1cc(C(=O)O)ccc1F. The van der Waals surface area contributed by atoms with E-state index >= 15 is 0 Å². The maximum Gasteiger partial charge on any atom is 0.335 e. The van der Waals surface area contributed by atoms with Gasteiger partial charge in [-0.25, -0.2) is 9.18 Å². The van der Waals surface area contributed by atoms with E-state index in [4.69, 9.17) is 5.11 Å². The smallest absolute Gasteiger partial charge is 0.335 e. The number of aromatic carboxylic acids is 1. The molecule has 15 heavy (non-hydrogen) atoms. The predicted molar refractivity (Wildman–Crippen MR) is 59.8 cm³/mol. The summed E-state index contributed by atoms with van der Waals surface area (Å²) in [6.45, 7) is 4.03. The van der Waals surface area contributed by atoms with Gasteiger partial charge >= 0.3 is 5.97 Å². The zero-order chi connectivity index (χ0) is 11.4. The standard InChI is InChI=1S/C11H13FO2S/c1-7(2)15-6-9-5-8(11(13)14)3-4-10(9)12/h3-5,7H,6H2,1-2H3,(H,13,14). The molecule has 1 N–H and O–H groups in total. The molecular formula is C11H13FO2S. The molecule has 0 atom stereocenters. The van der Waals surface area contributed by atoms with Crippen molar-refractivity contribution in [2.45, 2.75) is 24.9 Å². The van der Waals surface area contributed by atoms with Crippen molar-refractivity contribution in [3.8, 4) is 0 Å². The van der Waals surface area contributed by atoms with Gasteiger partial charge in [0.25, 0.3) is 0 Å². The van der Waals surface area contributed by atoms with Crippen LogP contribution in [0.2, 0.25) is 0 Å². The largest absolute Gasteiger partial charge is 0.478 e. The third-order valence-corrected chi connectivity index (χ3v) is 3.01. The van der Waals surface area contributed by atoms with Crippen molar-refractivity contribution in [3.05, 3.63) is 35.1 Å². The van der Waals surface area contributed by atoms with Crippen LogP contribution in [0.5, 0.6) is 0 Å². The molecule has 2 nitrogen and oxygen atoms in total. The van der Waals surface area contributed by atoms with Gasteiger partial charge in [0.05, 0.1) is 5.56 Å². The van der Waals surface area contributed by atoms with E-state index in [1.54, 1.807) is 11.8 Å². The average Bonchev–Trinajstić information content (AvgIpc) is 2.16. The third kappa shape index (κ3) is 3.55. The molecule has 0 radical (unpaired) electrons. The third-order valence-electron chi connectivity index (χ3n) is 1.86. The van der Waals surface area contributed by atoms with E-state index in [1.807, 2.05) is 13.8 Å². The van der Waals surface area contributed by atoms with E-state index in [0.29, 0.717) is 16.6 Å². The normalized spacial score (nSPS) is 10.7. The van der Waals surface area contributed by atoms with Gasteiger partial charge in [-0.3, -0.25) is 0 Å². The van der Waals surface area contributed by atoms with Crippen LogP contribution in [0.1, 0.15) is 29.8 Å². The van der Waals surface area contributed by atoms with Gasteiger partial charge in [-0.05, 0) is 29.0 Å². The molecular weight excluding hydrogens is 215 g/mol. The summed E-state index contributed by atoms with van der Waals surface area (Å²) >= 11 is 1.59. The zero-order valence-electron chi connectivity index (χ0n) is 8.66. The number of benzene rings is 1. The highest BCUT2D eigenvalue weighted by molar-refractivity contribution is 7.99. The summed E-state index contributed by atoms with van der Waals surface area (Å²) in [6, 6.07) is 3.88. The zero-order valence-corrected chi connectivity index (χ0v) is 9.47. The molecule has 0 fully saturated rings. The molecule has 0 amide bonds. The lowest BCUT2D eigenvalue weighted by Crippen LogP contribution is -2.00. The minimum absolute atomic E-state index is 0.135. The molecule has 1 rings (SSSR count). The molecule has 1 aromatic rings. The van der Waals surface area contributed by atoms with Crippen molar-refractivity contribution < 1.29 is 14.3 Å². The van der Waals surface area contributed by atoms with E-state index in [0.717, 1.165) is 0 Å². The van der Waals surface area contributed by atoms with Crippen molar-refractivity contribution in [1.29, 1.82) is 0 Å². The summed E-state index contributed by atoms with van der Waals surface area (Å²) < 4.78 is 13.3. The Morgan fingerprint density at radius 3 is 2.73 bits per heavy atom. The number of thioether (sulfide) groups is 1. The fourth-order valence-electron chi connectivity index (χ4n) is 1.07. The Kier molecular flexibility index (Phi) is 4.15. The lowest BCUT2D eigenvalue weighted by atomic mass is 10.1. The highest BCUT2D eigenvalue weighted by Crippen LogP contribution is 2.20. The number of halogens is 1. The Labute approximate surface area is 92.5 Å². The van der Waals surface area contributed by atoms with Gasteiger partial charge in [-0.15, -0.1) is 0 Å². The van der Waals surface area contributed by atoms with Crippen LogP contribution in [0.4, 0.5) is 4.39 Å². The molecule has 0 heterocycles. The van der Waals surface area contributed by atoms with Gasteiger partial charge in [0.2, 0.25) is 0 Å². The first-order valence-corrected chi connectivity index (χ1v) is 5.69. The molecule has 0 saturated heterocycles. The summed E-state index contributed by atoms with van der Waals surface area (Å²) in [4.78, 5) is 10.7. The van der Waals surface area contributed by atoms with Gasteiger partial charge in [-0.1, -0.05) is 13.8 Å². The summed E-state index contributed by atoms with van der Waals surface area (Å²) in [5, 5.41) is 9.15. The van der Waals surface area contributed by atoms with E-state index < -0.39 is 5.97 Å². The van der Waals surface area contributed by atoms with Crippen molar-refractivity contribution in [3.63, 3.8) is 0 Å². The van der Waals surface area contributed by atoms with Gasteiger partial charge in [0, 0.05) is 5.75 Å². The first-order chi connectivity index (χ1) is 7.00. The molecule has 0 aliphatic heterocycles. The van der Waals surface area contributed by atoms with Crippen LogP contribution in [-0.4, -0.2) is 16.3 Å². The van der Waals surface area contributed by atoms with E-state index in [1.165, 1.54) is 18.2 Å². The second-order valence-corrected chi connectivity index (χ2v) is 5.04. The predicted octanol–water partition coefficient (Wildman–Crippen LogP) is 3.17. The summed E-state index contributed by atoms with van der Waals surface area (Å²) in [5.41, 5.74) is 0.587. The Morgan fingerprint density at radius 1 is 1.53 bits per heavy atom. The second-order valence-electron chi connectivity index (χ2n) is 3.47. The number of carboxylic acids is 1. The molecule has 0 aliphatic carbocycles. The number of carbonyl (C=O) groups is 1. The molecule has 82 valence electrons. The number of hydrogen-bond acceptors (Lipinski definition) is 2. The van der Waals surface area contributed by atoms with Gasteiger partial charge in [0.1, 0.15) is 5.82 Å². The quantitative estimate of drug-likeness (QED) is 0.860. The Balaban J connectivity index is 2.85. The van der Waals surface area contributed by atoms with Crippen LogP contribution < -0.4 is 0 Å². The monoisotopic (exact) mass is 228 g/mol. The second kappa shape index (κ2) is 5.16. The molecule has 0 spiro atoms. The maximum absolute atomic E-state index is 13.3. The number of carboxylic acid groups (broad SMARTS) is 1. The Morgan fingerprint density at radius 2 is 2.20 bits per heavy atom. The highest BCUT2D eigenvalue weighted by Gasteiger charge is 2.08. The molecule has 0 unspecified atom stereocenters. The van der Waals surface area contributed by atoms with Gasteiger partial charge < -0.3 is 5.11 Å². The minimum atomic E-state index is -1.02. The van der Waals surface area contributed by atoms with Crippen molar-refractivity contribution in [1.82, 2.24) is 0 Å². The fourth-order valence-corrected chi connectivity index (χ4v) is 1.81. The Hall–Kier alpha value is -1.03. The van der Waals surface area contributed by atoms with E-state index in [9.17, 15) is 9.18 Å². The van der Waals surface area contributed by atoms with Crippen molar-refractivity contribution in [2.75, 3.05) is 0 Å². The van der Waals surface area contributed by atoms with Crippen LogP contribution in [0.25, 0.3) is 0 Å². The van der Waals surface area contributed by atoms with Gasteiger partial charge in [-0.2, -0.15) is 11.8 Å². The average molecular weight is 228 g/mol. The van der Waals surface area contributed by atoms with Crippen LogP contribution in [0.3, 0.4) is 0 Å². The topological polar surface area (TPSA) is 37.3 Å². The lowest BCUT2D eigenvalue weighted by molar-refractivity contribution is 0.0696. The molecule has 0 bridgehead atoms. The van der Waals surface area contributed by atoms with Crippen LogP contribution in [0, 0.1) is 5.82 Å². The van der Waals surface area contributed by atoms with Crippen LogP contribution in [0.15, 0.2) is 18.2 Å². The molecule has 4 heteroatoms. The maximum atomic E-state index is 13.3. The lowest BCUT2D eigenvalue weighted by Gasteiger charge is -2.06. The Bertz CT molecular complexity index is 364. The highest BCUT2D eigenvalue weighted by atomic mass is 32.2. The van der Waals surface area contributed by atoms with E-state index in [-0.39, 0.29) is 11.4 Å². The van der Waals surface area contributed by atoms with Crippen LogP contribution in [-0.2, 0) is 5.75 Å². The summed E-state index contributed by atoms with van der Waals surface area (Å²) in [5.74, 6) is -0.858. The van der Waals surface area contributed by atoms with E-state index in [2.05, 4.69) is 0 Å². The summed E-state index contributed by atoms with van der Waals surface area (Å²) in [7, 11) is 0. The number of hydrogen-bond donors (Lipinski definition) is 1. The number of rotatable bonds is 4. The summed E-state index contributed by atoms with van der Waals surface area (Å²) in [6.07, 6.45) is 0. The van der Waals surface area contributed by atoms with Gasteiger partial charge in [0.15, 0.2) is 0 Å². The first-order valence-electron chi connectivity index (χ1n) is 4.64. The van der Waals surface area contributed by atoms with Crippen molar-refractivity contribution in [2.24, 2.45) is 0 Å². The molecule has 0 aliphatic rings. The minimum Gasteiger partial charge on any atom is -0.478 e. The van der Waals surface area contributed by atoms with Crippen molar-refractivity contribution >= 4 is 17.7 Å². The molecule has 0 aromatic heterocycles.